The Bertz CT molecular complexity index is 920. The number of anilines is 1. The van der Waals surface area contributed by atoms with Crippen LogP contribution in [0.15, 0.2) is 65.8 Å². The molecule has 0 unspecified atom stereocenters. The first-order valence-corrected chi connectivity index (χ1v) is 7.26. The second kappa shape index (κ2) is 6.78. The van der Waals surface area contributed by atoms with Crippen molar-refractivity contribution in [3.8, 4) is 16.9 Å². The molecule has 0 fully saturated rings. The average molecular weight is 321 g/mol. The monoisotopic (exact) mass is 321 g/mol. The number of carbonyl (C=O) groups excluding carboxylic acids is 1. The summed E-state index contributed by atoms with van der Waals surface area (Å²) >= 11 is 0. The molecule has 2 heterocycles. The van der Waals surface area contributed by atoms with Crippen LogP contribution in [0.1, 0.15) is 10.4 Å². The minimum absolute atomic E-state index is 0.167. The van der Waals surface area contributed by atoms with Gasteiger partial charge in [0, 0.05) is 24.2 Å². The zero-order valence-corrected chi connectivity index (χ0v) is 12.9. The summed E-state index contributed by atoms with van der Waals surface area (Å²) in [6, 6.07) is 12.1. The number of para-hydroxylation sites is 1. The van der Waals surface area contributed by atoms with E-state index in [4.69, 9.17) is 4.74 Å². The number of rotatable bonds is 4. The van der Waals surface area contributed by atoms with Crippen LogP contribution in [0.4, 0.5) is 5.69 Å². The lowest BCUT2D eigenvalue weighted by Gasteiger charge is -2.09. The Morgan fingerprint density at radius 1 is 1.12 bits per heavy atom. The Morgan fingerprint density at radius 2 is 1.88 bits per heavy atom. The van der Waals surface area contributed by atoms with Crippen LogP contribution in [0.2, 0.25) is 0 Å². The molecule has 6 heteroatoms. The number of carbonyl (C=O) groups is 1. The third-order valence-electron chi connectivity index (χ3n) is 3.52. The molecule has 1 amide bonds. The molecule has 2 N–H and O–H groups in total. The van der Waals surface area contributed by atoms with Gasteiger partial charge in [-0.25, -0.2) is 0 Å². The van der Waals surface area contributed by atoms with Crippen molar-refractivity contribution >= 4 is 11.6 Å². The fourth-order valence-corrected chi connectivity index (χ4v) is 2.31. The van der Waals surface area contributed by atoms with Gasteiger partial charge >= 0.3 is 0 Å². The van der Waals surface area contributed by atoms with Crippen LogP contribution in [0.3, 0.4) is 0 Å². The quantitative estimate of drug-likeness (QED) is 0.774. The number of pyridine rings is 2. The van der Waals surface area contributed by atoms with Gasteiger partial charge in [-0.2, -0.15) is 0 Å². The number of methoxy groups -OCH3 is 1. The smallest absolute Gasteiger partial charge is 0.271 e. The van der Waals surface area contributed by atoms with Crippen molar-refractivity contribution in [3.05, 3.63) is 77.0 Å². The molecule has 3 aromatic rings. The first-order valence-electron chi connectivity index (χ1n) is 7.26. The van der Waals surface area contributed by atoms with E-state index in [0.717, 1.165) is 11.1 Å². The summed E-state index contributed by atoms with van der Waals surface area (Å²) in [6.45, 7) is 0. The Balaban J connectivity index is 1.93. The highest BCUT2D eigenvalue weighted by Crippen LogP contribution is 2.21. The topological polar surface area (TPSA) is 84.1 Å². The summed E-state index contributed by atoms with van der Waals surface area (Å²) in [6.07, 6.45) is 4.91. The highest BCUT2D eigenvalue weighted by atomic mass is 16.5. The van der Waals surface area contributed by atoms with Gasteiger partial charge in [-0.05, 0) is 35.9 Å². The molecule has 0 saturated heterocycles. The molecule has 0 aliphatic rings. The molecule has 0 saturated carbocycles. The van der Waals surface area contributed by atoms with Crippen LogP contribution >= 0.6 is 0 Å². The van der Waals surface area contributed by atoms with Crippen molar-refractivity contribution in [3.63, 3.8) is 0 Å². The van der Waals surface area contributed by atoms with Gasteiger partial charge in [0.2, 0.25) is 0 Å². The third-order valence-corrected chi connectivity index (χ3v) is 3.52. The molecule has 3 rings (SSSR count). The molecule has 0 atom stereocenters. The molecular formula is C18H15N3O3. The van der Waals surface area contributed by atoms with E-state index >= 15 is 0 Å². The largest absolute Gasteiger partial charge is 0.496 e. The fourth-order valence-electron chi connectivity index (χ4n) is 2.31. The number of aromatic nitrogens is 2. The maximum atomic E-state index is 12.4. The van der Waals surface area contributed by atoms with E-state index in [1.54, 1.807) is 48.9 Å². The van der Waals surface area contributed by atoms with Crippen LogP contribution in [0.5, 0.6) is 5.75 Å². The van der Waals surface area contributed by atoms with E-state index in [2.05, 4.69) is 15.3 Å². The van der Waals surface area contributed by atoms with E-state index in [1.807, 2.05) is 12.1 Å². The molecule has 0 spiro atoms. The molecule has 0 aliphatic carbocycles. The van der Waals surface area contributed by atoms with Gasteiger partial charge in [0.05, 0.1) is 12.7 Å². The van der Waals surface area contributed by atoms with Crippen molar-refractivity contribution < 1.29 is 9.53 Å². The molecular weight excluding hydrogens is 306 g/mol. The number of H-pyrrole nitrogens is 1. The van der Waals surface area contributed by atoms with E-state index < -0.39 is 5.91 Å². The van der Waals surface area contributed by atoms with Gasteiger partial charge in [-0.15, -0.1) is 0 Å². The second-order valence-corrected chi connectivity index (χ2v) is 5.02. The number of amides is 1. The summed E-state index contributed by atoms with van der Waals surface area (Å²) in [4.78, 5) is 31.0. The molecule has 120 valence electrons. The second-order valence-electron chi connectivity index (χ2n) is 5.02. The van der Waals surface area contributed by atoms with Gasteiger partial charge in [-0.3, -0.25) is 14.6 Å². The first kappa shape index (κ1) is 15.5. The Morgan fingerprint density at radius 3 is 2.62 bits per heavy atom. The number of hydrogen-bond donors (Lipinski definition) is 2. The fraction of sp³-hybridized carbons (Fsp3) is 0.0556. The molecule has 1 aromatic carbocycles. The van der Waals surface area contributed by atoms with Crippen LogP contribution in [0.25, 0.3) is 11.1 Å². The van der Waals surface area contributed by atoms with E-state index in [1.165, 1.54) is 7.11 Å². The Kier molecular flexibility index (Phi) is 4.38. The average Bonchev–Trinajstić information content (AvgIpc) is 2.64. The Labute approximate surface area is 138 Å². The highest BCUT2D eigenvalue weighted by Gasteiger charge is 2.13. The van der Waals surface area contributed by atoms with Crippen molar-refractivity contribution in [2.45, 2.75) is 0 Å². The van der Waals surface area contributed by atoms with Crippen molar-refractivity contribution in [2.75, 3.05) is 12.4 Å². The van der Waals surface area contributed by atoms with Crippen molar-refractivity contribution in [2.24, 2.45) is 0 Å². The lowest BCUT2D eigenvalue weighted by atomic mass is 10.1. The van der Waals surface area contributed by atoms with Crippen LogP contribution in [-0.2, 0) is 0 Å². The van der Waals surface area contributed by atoms with E-state index in [0.29, 0.717) is 11.3 Å². The molecule has 6 nitrogen and oxygen atoms in total. The number of ether oxygens (including phenoxy) is 1. The van der Waals surface area contributed by atoms with Gasteiger partial charge in [-0.1, -0.05) is 12.1 Å². The van der Waals surface area contributed by atoms with E-state index in [9.17, 15) is 9.59 Å². The summed E-state index contributed by atoms with van der Waals surface area (Å²) in [5.74, 6) is 0.0292. The zero-order chi connectivity index (χ0) is 16.9. The van der Waals surface area contributed by atoms with Gasteiger partial charge < -0.3 is 15.0 Å². The number of aromatic amines is 1. The summed E-state index contributed by atoms with van der Waals surface area (Å²) in [7, 11) is 1.49. The number of nitrogens with one attached hydrogen (secondary N) is 2. The Hall–Kier alpha value is -3.41. The highest BCUT2D eigenvalue weighted by molar-refractivity contribution is 6.06. The number of benzene rings is 1. The van der Waals surface area contributed by atoms with Crippen LogP contribution < -0.4 is 15.6 Å². The summed E-state index contributed by atoms with van der Waals surface area (Å²) < 4.78 is 5.17. The van der Waals surface area contributed by atoms with Crippen LogP contribution in [0, 0.1) is 0 Å². The van der Waals surface area contributed by atoms with Crippen LogP contribution in [-0.4, -0.2) is 23.0 Å². The molecule has 0 aliphatic heterocycles. The minimum Gasteiger partial charge on any atom is -0.496 e. The van der Waals surface area contributed by atoms with Crippen molar-refractivity contribution in [1.82, 2.24) is 9.97 Å². The standard InChI is InChI=1S/C18H15N3O3/c1-24-16-5-3-2-4-14(16)17(22)21-15-10-13(11-20-18(15)23)12-6-8-19-9-7-12/h2-11H,1H3,(H,20,23)(H,21,22). The molecule has 2 aromatic heterocycles. The predicted octanol–water partition coefficient (Wildman–Crippen LogP) is 2.70. The maximum absolute atomic E-state index is 12.4. The van der Waals surface area contributed by atoms with E-state index in [-0.39, 0.29) is 11.2 Å². The normalized spacial score (nSPS) is 10.2. The number of nitrogens with zero attached hydrogens (tertiary/aromatic N) is 1. The van der Waals surface area contributed by atoms with Gasteiger partial charge in [0.1, 0.15) is 11.4 Å². The molecule has 0 radical (unpaired) electrons. The van der Waals surface area contributed by atoms with Gasteiger partial charge in [0.15, 0.2) is 0 Å². The number of hydrogen-bond acceptors (Lipinski definition) is 4. The summed E-state index contributed by atoms with van der Waals surface area (Å²) in [5, 5.41) is 2.63. The van der Waals surface area contributed by atoms with Crippen molar-refractivity contribution in [1.29, 1.82) is 0 Å². The molecule has 0 bridgehead atoms. The lowest BCUT2D eigenvalue weighted by Crippen LogP contribution is -2.20. The third kappa shape index (κ3) is 3.17. The SMILES string of the molecule is COc1ccccc1C(=O)Nc1cc(-c2ccncc2)c[nH]c1=O. The maximum Gasteiger partial charge on any atom is 0.271 e. The lowest BCUT2D eigenvalue weighted by molar-refractivity contribution is 0.102. The predicted molar refractivity (Wildman–Crippen MR) is 91.2 cm³/mol. The van der Waals surface area contributed by atoms with Gasteiger partial charge in [0.25, 0.3) is 11.5 Å². The molecule has 24 heavy (non-hydrogen) atoms. The first-order chi connectivity index (χ1) is 11.7. The zero-order valence-electron chi connectivity index (χ0n) is 12.9. The summed E-state index contributed by atoms with van der Waals surface area (Å²) in [5.41, 5.74) is 1.80. The minimum atomic E-state index is -0.412.